The topological polar surface area (TPSA) is 108 Å². The summed E-state index contributed by atoms with van der Waals surface area (Å²) in [5.74, 6) is 2.74. The number of hydrogen-bond acceptors (Lipinski definition) is 4. The van der Waals surface area contributed by atoms with Crippen LogP contribution in [-0.4, -0.2) is 49.5 Å². The van der Waals surface area contributed by atoms with Crippen LogP contribution in [0.1, 0.15) is 0 Å². The number of aromatic nitrogens is 8. The number of aromatic amines is 2. The third-order valence-corrected chi connectivity index (χ3v) is 7.46. The van der Waals surface area contributed by atoms with Gasteiger partial charge in [-0.25, -0.2) is 4.98 Å². The summed E-state index contributed by atoms with van der Waals surface area (Å²) in [5, 5.41) is 3.71. The van der Waals surface area contributed by atoms with Crippen molar-refractivity contribution in [2.75, 3.05) is 0 Å². The van der Waals surface area contributed by atoms with Gasteiger partial charge in [0.1, 0.15) is 5.82 Å². The smallest absolute Gasteiger partial charge is 0.331 e. The van der Waals surface area contributed by atoms with E-state index in [1.165, 1.54) is 0 Å². The summed E-state index contributed by atoms with van der Waals surface area (Å²) < 4.78 is 0. The number of benzene rings is 4. The number of rotatable bonds is 0. The summed E-state index contributed by atoms with van der Waals surface area (Å²) in [7, 11) is 0. The fourth-order valence-electron chi connectivity index (χ4n) is 5.59. The van der Waals surface area contributed by atoms with Crippen LogP contribution in [0.15, 0.2) is 97.1 Å². The second-order valence-corrected chi connectivity index (χ2v) is 9.79. The van der Waals surface area contributed by atoms with E-state index in [0.29, 0.717) is 45.9 Å². The van der Waals surface area contributed by atoms with Crippen LogP contribution in [0.25, 0.3) is 89.7 Å². The maximum atomic E-state index is 5.02. The van der Waals surface area contributed by atoms with Gasteiger partial charge in [0.25, 0.3) is 17.5 Å². The van der Waals surface area contributed by atoms with Gasteiger partial charge in [0, 0.05) is 56.9 Å². The zero-order chi connectivity index (χ0) is 26.2. The van der Waals surface area contributed by atoms with E-state index in [-0.39, 0.29) is 59.1 Å². The Labute approximate surface area is 283 Å². The average molecular weight is 561 g/mol. The van der Waals surface area contributed by atoms with Crippen molar-refractivity contribution in [2.24, 2.45) is 0 Å². The third kappa shape index (κ3) is 4.14. The molecule has 0 atom stereocenters. The SMILES string of the molecule is [Na+].[Na].c1ccc2c(c1)-c1nc3[n-]c(nc4[nH+]c(nc5[n-]c(nc-2[nH+]1)c1ccccc51)-c1ccccc1-4)c1ccccc31. The molecule has 0 aliphatic carbocycles. The first-order valence-corrected chi connectivity index (χ1v) is 13.0. The predicted molar refractivity (Wildman–Crippen MR) is 157 cm³/mol. The molecule has 1 radical (unpaired) electrons. The molecule has 187 valence electrons. The molecule has 42 heavy (non-hydrogen) atoms. The van der Waals surface area contributed by atoms with E-state index in [4.69, 9.17) is 29.9 Å². The Kier molecular flexibility index (Phi) is 6.78. The molecule has 0 saturated heterocycles. The molecule has 7 aromatic rings. The van der Waals surface area contributed by atoms with Crippen molar-refractivity contribution in [3.05, 3.63) is 97.1 Å². The Morgan fingerprint density at radius 2 is 0.619 bits per heavy atom. The van der Waals surface area contributed by atoms with Crippen molar-refractivity contribution in [2.45, 2.75) is 0 Å². The third-order valence-electron chi connectivity index (χ3n) is 7.46. The van der Waals surface area contributed by atoms with Crippen molar-refractivity contribution >= 4 is 73.7 Å². The fraction of sp³-hybridized carbons (Fsp3) is 0. The zero-order valence-electron chi connectivity index (χ0n) is 22.9. The number of H-pyrrole nitrogens is 2. The summed E-state index contributed by atoms with van der Waals surface area (Å²) >= 11 is 0. The van der Waals surface area contributed by atoms with Gasteiger partial charge in [0.15, 0.2) is 16.9 Å². The van der Waals surface area contributed by atoms with Crippen molar-refractivity contribution < 1.29 is 39.5 Å². The van der Waals surface area contributed by atoms with Crippen LogP contribution in [0.2, 0.25) is 0 Å². The largest absolute Gasteiger partial charge is 1.00 e. The van der Waals surface area contributed by atoms with Gasteiger partial charge in [-0.2, -0.15) is 0 Å². The molecule has 2 aliphatic heterocycles. The van der Waals surface area contributed by atoms with E-state index < -0.39 is 0 Å². The molecule has 9 rings (SSSR count). The van der Waals surface area contributed by atoms with Crippen LogP contribution in [0.3, 0.4) is 0 Å². The Morgan fingerprint density at radius 1 is 0.381 bits per heavy atom. The van der Waals surface area contributed by atoms with Crippen LogP contribution in [0, 0.1) is 0 Å². The van der Waals surface area contributed by atoms with Crippen molar-refractivity contribution in [1.82, 2.24) is 29.9 Å². The molecule has 3 aromatic heterocycles. The quantitative estimate of drug-likeness (QED) is 0.261. The summed E-state index contributed by atoms with van der Waals surface area (Å²) in [6.45, 7) is 0. The molecule has 4 aromatic carbocycles. The van der Waals surface area contributed by atoms with Crippen molar-refractivity contribution in [3.8, 4) is 45.6 Å². The van der Waals surface area contributed by atoms with Crippen molar-refractivity contribution in [1.29, 1.82) is 0 Å². The van der Waals surface area contributed by atoms with Gasteiger partial charge in [0.05, 0.1) is 16.7 Å². The molecular weight excluding hydrogens is 542 g/mol. The Hall–Kier alpha value is -3.76. The van der Waals surface area contributed by atoms with E-state index in [9.17, 15) is 0 Å². The Balaban J connectivity index is 0.00000144. The van der Waals surface area contributed by atoms with Gasteiger partial charge < -0.3 is 9.97 Å². The normalized spacial score (nSPS) is 11.4. The molecule has 5 heterocycles. The zero-order valence-corrected chi connectivity index (χ0v) is 26.9. The maximum absolute atomic E-state index is 5.02. The van der Waals surface area contributed by atoms with Gasteiger partial charge >= 0.3 is 29.6 Å². The molecule has 0 saturated carbocycles. The van der Waals surface area contributed by atoms with E-state index in [0.717, 1.165) is 43.8 Å². The second kappa shape index (κ2) is 10.5. The van der Waals surface area contributed by atoms with Gasteiger partial charge in [-0.1, -0.05) is 93.8 Å². The van der Waals surface area contributed by atoms with Crippen LogP contribution in [0.4, 0.5) is 0 Å². The summed E-state index contributed by atoms with van der Waals surface area (Å²) in [6, 6.07) is 32.2. The minimum atomic E-state index is 0. The van der Waals surface area contributed by atoms with E-state index in [2.05, 4.69) is 9.97 Å². The van der Waals surface area contributed by atoms with Crippen LogP contribution >= 0.6 is 0 Å². The average Bonchev–Trinajstić information content (AvgIpc) is 3.73. The van der Waals surface area contributed by atoms with E-state index in [1.54, 1.807) is 0 Å². The van der Waals surface area contributed by atoms with Crippen LogP contribution < -0.4 is 49.5 Å². The van der Waals surface area contributed by atoms with Gasteiger partial charge in [-0.15, -0.1) is 0 Å². The van der Waals surface area contributed by atoms with E-state index >= 15 is 0 Å². The molecule has 0 unspecified atom stereocenters. The predicted octanol–water partition coefficient (Wildman–Crippen LogP) is 1.59. The molecular formula is C32H18N8Na2+. The first-order valence-electron chi connectivity index (χ1n) is 13.0. The van der Waals surface area contributed by atoms with Crippen molar-refractivity contribution in [3.63, 3.8) is 0 Å². The molecule has 8 nitrogen and oxygen atoms in total. The number of fused-ring (bicyclic) bond motifs is 20. The molecule has 0 fully saturated rings. The van der Waals surface area contributed by atoms with Gasteiger partial charge in [0.2, 0.25) is 0 Å². The molecule has 2 aliphatic rings. The van der Waals surface area contributed by atoms with Gasteiger partial charge in [-0.3, -0.25) is 9.97 Å². The van der Waals surface area contributed by atoms with E-state index in [1.807, 2.05) is 97.1 Å². The number of nitrogens with one attached hydrogen (secondary N) is 2. The Morgan fingerprint density at radius 3 is 0.881 bits per heavy atom. The van der Waals surface area contributed by atoms with Crippen LogP contribution in [0.5, 0.6) is 0 Å². The molecule has 0 spiro atoms. The molecule has 8 bridgehead atoms. The second-order valence-electron chi connectivity index (χ2n) is 9.79. The first-order chi connectivity index (χ1) is 19.8. The Bertz CT molecular complexity index is 2040. The summed E-state index contributed by atoms with van der Waals surface area (Å²) in [6.07, 6.45) is 0. The molecule has 2 N–H and O–H groups in total. The van der Waals surface area contributed by atoms with Gasteiger partial charge in [-0.05, 0) is 23.6 Å². The maximum Gasteiger partial charge on any atom is 1.00 e. The molecule has 10 heteroatoms. The first kappa shape index (κ1) is 27.1. The minimum Gasteiger partial charge on any atom is -0.331 e. The standard InChI is InChI=1S/C32H16N8.2Na/c1-2-10-18-17(9-1)25-33-26(18)38-28-21-13-5-6-14-22(21)30(35-28)40-32-24-16-8-7-15-23(24)31(36-32)39-29-20-12-4-3-11-19(20)27(34-29)37-25;;/h1-16H;;/q-2;;+1/p+2. The minimum absolute atomic E-state index is 0. The monoisotopic (exact) mass is 560 g/mol. The summed E-state index contributed by atoms with van der Waals surface area (Å²) in [5.41, 5.74) is 6.21. The van der Waals surface area contributed by atoms with Crippen LogP contribution in [-0.2, 0) is 0 Å². The summed E-state index contributed by atoms with van der Waals surface area (Å²) in [4.78, 5) is 36.8. The molecule has 0 amide bonds. The number of hydrogen-bond donors (Lipinski definition) is 0. The fourth-order valence-corrected chi connectivity index (χ4v) is 5.59. The number of nitrogens with zero attached hydrogens (tertiary/aromatic N) is 6.